The van der Waals surface area contributed by atoms with E-state index in [9.17, 15) is 18.4 Å². The molecule has 0 aliphatic carbocycles. The molecule has 2 N–H and O–H groups in total. The Hall–Kier alpha value is -2.83. The number of hydrogen-bond donors (Lipinski definition) is 2. The van der Waals surface area contributed by atoms with Crippen LogP contribution in [0.2, 0.25) is 0 Å². The molecule has 0 aliphatic heterocycles. The Labute approximate surface area is 125 Å². The van der Waals surface area contributed by atoms with Gasteiger partial charge >= 0.3 is 11.8 Å². The van der Waals surface area contributed by atoms with Crippen LogP contribution in [-0.4, -0.2) is 16.8 Å². The molecule has 0 atom stereocenters. The molecule has 0 aliphatic rings. The summed E-state index contributed by atoms with van der Waals surface area (Å²) < 4.78 is 26.1. The first-order valence-corrected chi connectivity index (χ1v) is 6.42. The Morgan fingerprint density at radius 1 is 1.14 bits per heavy atom. The van der Waals surface area contributed by atoms with Gasteiger partial charge < -0.3 is 10.6 Å². The highest BCUT2D eigenvalue weighted by atomic mass is 19.1. The summed E-state index contributed by atoms with van der Waals surface area (Å²) in [5.41, 5.74) is 1.11. The lowest BCUT2D eigenvalue weighted by Gasteiger charge is -2.07. The van der Waals surface area contributed by atoms with Gasteiger partial charge in [-0.2, -0.15) is 0 Å². The number of rotatable bonds is 3. The minimum absolute atomic E-state index is 0.0693. The Bertz CT molecular complexity index is 720. The van der Waals surface area contributed by atoms with Crippen molar-refractivity contribution in [1.82, 2.24) is 10.3 Å². The number of anilines is 1. The number of aromatic nitrogens is 1. The van der Waals surface area contributed by atoms with Crippen LogP contribution < -0.4 is 10.6 Å². The van der Waals surface area contributed by atoms with Gasteiger partial charge in [-0.05, 0) is 31.2 Å². The van der Waals surface area contributed by atoms with E-state index in [1.54, 1.807) is 25.1 Å². The van der Waals surface area contributed by atoms with E-state index in [0.29, 0.717) is 11.8 Å². The normalized spacial score (nSPS) is 10.1. The van der Waals surface area contributed by atoms with Crippen LogP contribution in [0, 0.1) is 18.6 Å². The molecule has 2 aromatic rings. The maximum absolute atomic E-state index is 13.4. The van der Waals surface area contributed by atoms with Gasteiger partial charge in [-0.3, -0.25) is 14.6 Å². The number of benzene rings is 1. The van der Waals surface area contributed by atoms with Crippen molar-refractivity contribution < 1.29 is 18.4 Å². The summed E-state index contributed by atoms with van der Waals surface area (Å²) in [5, 5.41) is 4.44. The summed E-state index contributed by atoms with van der Waals surface area (Å²) in [4.78, 5) is 27.4. The molecule has 22 heavy (non-hydrogen) atoms. The summed E-state index contributed by atoms with van der Waals surface area (Å²) in [6.45, 7) is 1.87. The quantitative estimate of drug-likeness (QED) is 0.851. The van der Waals surface area contributed by atoms with Crippen molar-refractivity contribution in [1.29, 1.82) is 0 Å². The van der Waals surface area contributed by atoms with E-state index in [1.807, 2.05) is 0 Å². The van der Waals surface area contributed by atoms with Crippen molar-refractivity contribution in [2.45, 2.75) is 13.5 Å². The first kappa shape index (κ1) is 15.6. The molecule has 114 valence electrons. The lowest BCUT2D eigenvalue weighted by molar-refractivity contribution is -0.136. The first-order valence-electron chi connectivity index (χ1n) is 6.42. The van der Waals surface area contributed by atoms with Gasteiger partial charge in [-0.15, -0.1) is 0 Å². The number of pyridine rings is 1. The van der Waals surface area contributed by atoms with Gasteiger partial charge in [-0.25, -0.2) is 8.78 Å². The van der Waals surface area contributed by atoms with Gasteiger partial charge in [0.1, 0.15) is 11.6 Å². The van der Waals surface area contributed by atoms with Crippen LogP contribution >= 0.6 is 0 Å². The second-order valence-corrected chi connectivity index (χ2v) is 4.53. The molecule has 1 heterocycles. The van der Waals surface area contributed by atoms with E-state index in [2.05, 4.69) is 15.6 Å². The third-order valence-electron chi connectivity index (χ3n) is 2.76. The van der Waals surface area contributed by atoms with Crippen molar-refractivity contribution >= 4 is 17.5 Å². The molecule has 1 aromatic carbocycles. The SMILES string of the molecule is Cc1cccc(CNC(=O)C(=O)Nc2ccc(F)cc2F)n1. The molecule has 7 heteroatoms. The van der Waals surface area contributed by atoms with E-state index in [-0.39, 0.29) is 12.2 Å². The van der Waals surface area contributed by atoms with Crippen molar-refractivity contribution in [3.8, 4) is 0 Å². The number of nitrogens with zero attached hydrogens (tertiary/aromatic N) is 1. The summed E-state index contributed by atoms with van der Waals surface area (Å²) in [6.07, 6.45) is 0. The highest BCUT2D eigenvalue weighted by Crippen LogP contribution is 2.14. The second-order valence-electron chi connectivity index (χ2n) is 4.53. The molecule has 0 unspecified atom stereocenters. The fourth-order valence-electron chi connectivity index (χ4n) is 1.72. The summed E-state index contributed by atoms with van der Waals surface area (Å²) in [7, 11) is 0. The molecular formula is C15H13F2N3O2. The predicted octanol–water partition coefficient (Wildman–Crippen LogP) is 1.92. The number of amides is 2. The highest BCUT2D eigenvalue weighted by molar-refractivity contribution is 6.39. The van der Waals surface area contributed by atoms with Crippen molar-refractivity contribution in [2.75, 3.05) is 5.32 Å². The summed E-state index contributed by atoms with van der Waals surface area (Å²) in [5.74, 6) is -3.71. The number of carbonyl (C=O) groups excluding carboxylic acids is 2. The van der Waals surface area contributed by atoms with Crippen LogP contribution in [-0.2, 0) is 16.1 Å². The van der Waals surface area contributed by atoms with Crippen LogP contribution in [0.5, 0.6) is 0 Å². The zero-order chi connectivity index (χ0) is 16.1. The topological polar surface area (TPSA) is 71.1 Å². The maximum atomic E-state index is 13.4. The molecule has 2 rings (SSSR count). The molecule has 2 amide bonds. The van der Waals surface area contributed by atoms with Crippen molar-refractivity contribution in [2.24, 2.45) is 0 Å². The third-order valence-corrected chi connectivity index (χ3v) is 2.76. The standard InChI is InChI=1S/C15H13F2N3O2/c1-9-3-2-4-11(19-9)8-18-14(21)15(22)20-13-6-5-10(16)7-12(13)17/h2-7H,8H2,1H3,(H,18,21)(H,20,22). The molecule has 5 nitrogen and oxygen atoms in total. The fraction of sp³-hybridized carbons (Fsp3) is 0.133. The van der Waals surface area contributed by atoms with Crippen LogP contribution in [0.25, 0.3) is 0 Å². The van der Waals surface area contributed by atoms with Crippen LogP contribution in [0.3, 0.4) is 0 Å². The molecule has 0 radical (unpaired) electrons. The Morgan fingerprint density at radius 2 is 1.91 bits per heavy atom. The van der Waals surface area contributed by atoms with Gasteiger partial charge in [0.25, 0.3) is 0 Å². The number of aryl methyl sites for hydroxylation is 1. The first-order chi connectivity index (χ1) is 10.5. The summed E-state index contributed by atoms with van der Waals surface area (Å²) >= 11 is 0. The zero-order valence-electron chi connectivity index (χ0n) is 11.7. The molecule has 0 bridgehead atoms. The molecule has 0 saturated heterocycles. The minimum atomic E-state index is -1.04. The average molecular weight is 305 g/mol. The minimum Gasteiger partial charge on any atom is -0.342 e. The number of hydrogen-bond acceptors (Lipinski definition) is 3. The molecule has 0 spiro atoms. The fourth-order valence-corrected chi connectivity index (χ4v) is 1.72. The van der Waals surface area contributed by atoms with Crippen LogP contribution in [0.15, 0.2) is 36.4 Å². The maximum Gasteiger partial charge on any atom is 0.313 e. The molecule has 0 fully saturated rings. The van der Waals surface area contributed by atoms with Crippen molar-refractivity contribution in [3.63, 3.8) is 0 Å². The van der Waals surface area contributed by atoms with Gasteiger partial charge in [0.2, 0.25) is 0 Å². The van der Waals surface area contributed by atoms with Crippen LogP contribution in [0.4, 0.5) is 14.5 Å². The predicted molar refractivity (Wildman–Crippen MR) is 75.8 cm³/mol. The second kappa shape index (κ2) is 6.75. The van der Waals surface area contributed by atoms with Gasteiger partial charge in [-0.1, -0.05) is 6.07 Å². The molecule has 1 aromatic heterocycles. The average Bonchev–Trinajstić information content (AvgIpc) is 2.47. The van der Waals surface area contributed by atoms with Gasteiger partial charge in [0.05, 0.1) is 17.9 Å². The third kappa shape index (κ3) is 4.08. The number of carbonyl (C=O) groups is 2. The van der Waals surface area contributed by atoms with Crippen molar-refractivity contribution in [3.05, 3.63) is 59.4 Å². The van der Waals surface area contributed by atoms with Crippen LogP contribution in [0.1, 0.15) is 11.4 Å². The lowest BCUT2D eigenvalue weighted by Crippen LogP contribution is -2.35. The smallest absolute Gasteiger partial charge is 0.313 e. The zero-order valence-corrected chi connectivity index (χ0v) is 11.7. The number of halogens is 2. The van der Waals surface area contributed by atoms with E-state index >= 15 is 0 Å². The monoisotopic (exact) mass is 305 g/mol. The number of nitrogens with one attached hydrogen (secondary N) is 2. The highest BCUT2D eigenvalue weighted by Gasteiger charge is 2.15. The largest absolute Gasteiger partial charge is 0.342 e. The van der Waals surface area contributed by atoms with E-state index in [4.69, 9.17) is 0 Å². The Kier molecular flexibility index (Phi) is 4.77. The van der Waals surface area contributed by atoms with E-state index in [0.717, 1.165) is 17.8 Å². The van der Waals surface area contributed by atoms with Gasteiger partial charge in [0.15, 0.2) is 0 Å². The molecule has 0 saturated carbocycles. The lowest BCUT2D eigenvalue weighted by atomic mass is 10.3. The molecular weight excluding hydrogens is 292 g/mol. The van der Waals surface area contributed by atoms with Gasteiger partial charge in [0, 0.05) is 11.8 Å². The summed E-state index contributed by atoms with van der Waals surface area (Å²) in [6, 6.07) is 7.91. The Balaban J connectivity index is 1.93. The Morgan fingerprint density at radius 3 is 2.59 bits per heavy atom. The van der Waals surface area contributed by atoms with E-state index in [1.165, 1.54) is 0 Å². The van der Waals surface area contributed by atoms with E-state index < -0.39 is 23.4 Å².